The van der Waals surface area contributed by atoms with E-state index < -0.39 is 10.6 Å². The van der Waals surface area contributed by atoms with E-state index >= 15 is 0 Å². The molecule has 98 valence electrons. The molecule has 0 bridgehead atoms. The van der Waals surface area contributed by atoms with Crippen LogP contribution in [0.1, 0.15) is 13.3 Å². The van der Waals surface area contributed by atoms with E-state index in [1.807, 2.05) is 6.92 Å². The van der Waals surface area contributed by atoms with Crippen LogP contribution >= 0.6 is 0 Å². The molecular weight excluding hydrogens is 240 g/mol. The summed E-state index contributed by atoms with van der Waals surface area (Å²) in [5, 5.41) is 15.9. The van der Waals surface area contributed by atoms with Gasteiger partial charge in [0.25, 0.3) is 0 Å². The lowest BCUT2D eigenvalue weighted by molar-refractivity contribution is -0.383. The molecule has 1 heterocycles. The third-order valence-corrected chi connectivity index (χ3v) is 2.02. The Kier molecular flexibility index (Phi) is 4.78. The second-order valence-corrected chi connectivity index (χ2v) is 3.42. The van der Waals surface area contributed by atoms with Gasteiger partial charge in [-0.05, 0) is 6.42 Å². The van der Waals surface area contributed by atoms with Crippen molar-refractivity contribution in [2.45, 2.75) is 13.3 Å². The number of nitrogens with two attached hydrogens (primary N) is 1. The number of hydrogen-bond donors (Lipinski definition) is 3. The first kappa shape index (κ1) is 13.6. The van der Waals surface area contributed by atoms with E-state index in [9.17, 15) is 14.9 Å². The molecule has 18 heavy (non-hydrogen) atoms. The molecule has 9 nitrogen and oxygen atoms in total. The van der Waals surface area contributed by atoms with Crippen LogP contribution in [0.2, 0.25) is 0 Å². The van der Waals surface area contributed by atoms with Crippen LogP contribution in [0.25, 0.3) is 0 Å². The first-order chi connectivity index (χ1) is 8.56. The number of hydrogen-bond acceptors (Lipinski definition) is 7. The Morgan fingerprint density at radius 1 is 1.56 bits per heavy atom. The average molecular weight is 254 g/mol. The topological polar surface area (TPSA) is 136 Å². The molecule has 1 aromatic heterocycles. The van der Waals surface area contributed by atoms with Crippen molar-refractivity contribution in [2.24, 2.45) is 0 Å². The molecule has 9 heteroatoms. The Morgan fingerprint density at radius 3 is 2.89 bits per heavy atom. The molecule has 4 N–H and O–H groups in total. The lowest BCUT2D eigenvalue weighted by Gasteiger charge is -2.07. The van der Waals surface area contributed by atoms with E-state index in [1.165, 1.54) is 0 Å². The quantitative estimate of drug-likeness (QED) is 0.476. The van der Waals surface area contributed by atoms with Gasteiger partial charge in [0.05, 0.1) is 11.5 Å². The third kappa shape index (κ3) is 3.54. The van der Waals surface area contributed by atoms with Crippen LogP contribution in [0.3, 0.4) is 0 Å². The van der Waals surface area contributed by atoms with Crippen LogP contribution in [-0.4, -0.2) is 33.9 Å². The molecule has 0 radical (unpaired) electrons. The summed E-state index contributed by atoms with van der Waals surface area (Å²) in [6.07, 6.45) is 1.90. The van der Waals surface area contributed by atoms with Gasteiger partial charge in [-0.1, -0.05) is 6.92 Å². The highest BCUT2D eigenvalue weighted by Gasteiger charge is 2.20. The zero-order chi connectivity index (χ0) is 13.5. The summed E-state index contributed by atoms with van der Waals surface area (Å²) in [6.45, 7) is 2.36. The van der Waals surface area contributed by atoms with Gasteiger partial charge < -0.3 is 16.4 Å². The molecular formula is C9H14N6O3. The van der Waals surface area contributed by atoms with Crippen LogP contribution in [0.4, 0.5) is 17.3 Å². The maximum absolute atomic E-state index is 11.3. The summed E-state index contributed by atoms with van der Waals surface area (Å²) in [5.41, 5.74) is 4.95. The highest BCUT2D eigenvalue weighted by molar-refractivity contribution is 5.81. The van der Waals surface area contributed by atoms with Crippen LogP contribution in [-0.2, 0) is 4.79 Å². The maximum atomic E-state index is 11.3. The Labute approximate surface area is 103 Å². The predicted octanol–water partition coefficient (Wildman–Crippen LogP) is -0.0949. The van der Waals surface area contributed by atoms with Crippen molar-refractivity contribution < 1.29 is 9.72 Å². The van der Waals surface area contributed by atoms with Gasteiger partial charge in [0, 0.05) is 6.54 Å². The Hall–Kier alpha value is -2.45. The second kappa shape index (κ2) is 6.33. The maximum Gasteiger partial charge on any atom is 0.352 e. The summed E-state index contributed by atoms with van der Waals surface area (Å²) < 4.78 is 0. The van der Waals surface area contributed by atoms with Crippen molar-refractivity contribution in [3.63, 3.8) is 0 Å². The van der Waals surface area contributed by atoms with E-state index in [1.54, 1.807) is 0 Å². The Morgan fingerprint density at radius 2 is 2.28 bits per heavy atom. The fourth-order valence-electron chi connectivity index (χ4n) is 1.19. The van der Waals surface area contributed by atoms with Crippen LogP contribution in [0.15, 0.2) is 6.33 Å². The zero-order valence-corrected chi connectivity index (χ0v) is 9.84. The van der Waals surface area contributed by atoms with Gasteiger partial charge in [0.2, 0.25) is 17.5 Å². The van der Waals surface area contributed by atoms with Crippen molar-refractivity contribution in [3.05, 3.63) is 16.4 Å². The molecule has 0 spiro atoms. The van der Waals surface area contributed by atoms with Crippen LogP contribution < -0.4 is 16.4 Å². The highest BCUT2D eigenvalue weighted by atomic mass is 16.6. The molecule has 0 aliphatic carbocycles. The van der Waals surface area contributed by atoms with Gasteiger partial charge in [-0.15, -0.1) is 0 Å². The minimum atomic E-state index is -0.693. The number of amides is 1. The van der Waals surface area contributed by atoms with E-state index in [0.29, 0.717) is 6.54 Å². The first-order valence-corrected chi connectivity index (χ1v) is 5.31. The van der Waals surface area contributed by atoms with Gasteiger partial charge >= 0.3 is 5.69 Å². The predicted molar refractivity (Wildman–Crippen MR) is 64.9 cm³/mol. The normalized spacial score (nSPS) is 9.83. The number of nitro groups is 1. The van der Waals surface area contributed by atoms with Crippen molar-refractivity contribution in [2.75, 3.05) is 24.1 Å². The molecule has 1 aromatic rings. The number of carbonyl (C=O) groups is 1. The Balaban J connectivity index is 2.70. The molecule has 1 amide bonds. The van der Waals surface area contributed by atoms with Crippen molar-refractivity contribution in [1.82, 2.24) is 15.3 Å². The lowest BCUT2D eigenvalue weighted by Crippen LogP contribution is -2.30. The zero-order valence-electron chi connectivity index (χ0n) is 9.84. The molecule has 0 saturated carbocycles. The molecule has 0 aromatic carbocycles. The number of aromatic nitrogens is 2. The van der Waals surface area contributed by atoms with Gasteiger partial charge in [-0.3, -0.25) is 14.9 Å². The van der Waals surface area contributed by atoms with Crippen molar-refractivity contribution in [1.29, 1.82) is 0 Å². The van der Waals surface area contributed by atoms with Crippen LogP contribution in [0, 0.1) is 10.1 Å². The van der Waals surface area contributed by atoms with E-state index in [0.717, 1.165) is 12.7 Å². The summed E-state index contributed by atoms with van der Waals surface area (Å²) >= 11 is 0. The van der Waals surface area contributed by atoms with Gasteiger partial charge in [0.15, 0.2) is 0 Å². The van der Waals surface area contributed by atoms with Crippen molar-refractivity contribution >= 4 is 23.2 Å². The number of rotatable bonds is 6. The number of nitrogens with one attached hydrogen (secondary N) is 2. The molecule has 1 rings (SSSR count). The third-order valence-electron chi connectivity index (χ3n) is 2.02. The first-order valence-electron chi connectivity index (χ1n) is 5.31. The standard InChI is InChI=1S/C9H14N6O3/c1-2-3-11-6(16)4-12-9-7(15(17)18)8(10)13-5-14-9/h5H,2-4H2,1H3,(H,11,16)(H3,10,12,13,14). The van der Waals surface area contributed by atoms with Crippen molar-refractivity contribution in [3.8, 4) is 0 Å². The highest BCUT2D eigenvalue weighted by Crippen LogP contribution is 2.25. The number of anilines is 2. The molecule has 0 atom stereocenters. The summed E-state index contributed by atoms with van der Waals surface area (Å²) in [6, 6.07) is 0. The number of carbonyl (C=O) groups excluding carboxylic acids is 1. The minimum absolute atomic E-state index is 0.0702. The Bertz CT molecular complexity index is 450. The molecule has 0 saturated heterocycles. The molecule has 0 aliphatic rings. The SMILES string of the molecule is CCCNC(=O)CNc1ncnc(N)c1[N+](=O)[O-]. The average Bonchev–Trinajstić information content (AvgIpc) is 2.33. The van der Waals surface area contributed by atoms with E-state index in [-0.39, 0.29) is 24.1 Å². The van der Waals surface area contributed by atoms with Gasteiger partial charge in [-0.25, -0.2) is 9.97 Å². The monoisotopic (exact) mass is 254 g/mol. The second-order valence-electron chi connectivity index (χ2n) is 3.42. The smallest absolute Gasteiger partial charge is 0.352 e. The molecule has 0 fully saturated rings. The number of nitrogens with zero attached hydrogens (tertiary/aromatic N) is 3. The summed E-state index contributed by atoms with van der Waals surface area (Å²) in [4.78, 5) is 28.6. The minimum Gasteiger partial charge on any atom is -0.378 e. The molecule has 0 unspecified atom stereocenters. The largest absolute Gasteiger partial charge is 0.378 e. The summed E-state index contributed by atoms with van der Waals surface area (Å²) in [7, 11) is 0. The fraction of sp³-hybridized carbons (Fsp3) is 0.444. The number of nitrogen functional groups attached to an aromatic ring is 1. The van der Waals surface area contributed by atoms with E-state index in [2.05, 4.69) is 20.6 Å². The molecule has 0 aliphatic heterocycles. The summed E-state index contributed by atoms with van der Waals surface area (Å²) in [5.74, 6) is -0.589. The van der Waals surface area contributed by atoms with Gasteiger partial charge in [-0.2, -0.15) is 0 Å². The van der Waals surface area contributed by atoms with E-state index in [4.69, 9.17) is 5.73 Å². The fourth-order valence-corrected chi connectivity index (χ4v) is 1.19. The van der Waals surface area contributed by atoms with Gasteiger partial charge in [0.1, 0.15) is 6.33 Å². The lowest BCUT2D eigenvalue weighted by atomic mass is 10.4. The van der Waals surface area contributed by atoms with Crippen LogP contribution in [0.5, 0.6) is 0 Å².